The highest BCUT2D eigenvalue weighted by Crippen LogP contribution is 2.35. The molecular formula is C18H20N4O3S. The van der Waals surface area contributed by atoms with E-state index >= 15 is 0 Å². The molecule has 0 spiro atoms. The summed E-state index contributed by atoms with van der Waals surface area (Å²) >= 11 is 1.59. The van der Waals surface area contributed by atoms with Crippen LogP contribution in [0.1, 0.15) is 41.0 Å². The van der Waals surface area contributed by atoms with Crippen LogP contribution in [0.15, 0.2) is 36.0 Å². The molecule has 3 amide bonds. The lowest BCUT2D eigenvalue weighted by Crippen LogP contribution is -2.46. The Bertz CT molecular complexity index is 822. The van der Waals surface area contributed by atoms with Crippen LogP contribution >= 0.6 is 11.3 Å². The van der Waals surface area contributed by atoms with Gasteiger partial charge in [-0.15, -0.1) is 11.3 Å². The Labute approximate surface area is 155 Å². The summed E-state index contributed by atoms with van der Waals surface area (Å²) < 4.78 is 0. The van der Waals surface area contributed by atoms with Crippen LogP contribution in [-0.2, 0) is 9.59 Å². The first-order valence-electron chi connectivity index (χ1n) is 8.36. The van der Waals surface area contributed by atoms with Crippen LogP contribution in [0.4, 0.5) is 5.69 Å². The number of piperidine rings is 1. The molecule has 8 heteroatoms. The predicted molar refractivity (Wildman–Crippen MR) is 98.6 cm³/mol. The number of hydrogen-bond acceptors (Lipinski definition) is 5. The second-order valence-corrected chi connectivity index (χ2v) is 7.43. The van der Waals surface area contributed by atoms with Gasteiger partial charge in [0, 0.05) is 17.6 Å². The fraction of sp³-hybridized carbons (Fsp3) is 0.333. The molecule has 0 aromatic carbocycles. The first-order chi connectivity index (χ1) is 12.5. The summed E-state index contributed by atoms with van der Waals surface area (Å²) in [6.07, 6.45) is 4.52. The SMILES string of the molecule is C[C@H]1CCC(c2cccs2)N(C(=O)C(=O)Nc2cncc(C(N)=O)c2)C1. The fourth-order valence-corrected chi connectivity index (χ4v) is 3.99. The molecule has 0 radical (unpaired) electrons. The molecule has 3 heterocycles. The van der Waals surface area contributed by atoms with Crippen molar-refractivity contribution in [3.63, 3.8) is 0 Å². The maximum atomic E-state index is 12.8. The number of amides is 3. The van der Waals surface area contributed by atoms with Gasteiger partial charge in [-0.05, 0) is 36.3 Å². The number of nitrogens with two attached hydrogens (primary N) is 1. The van der Waals surface area contributed by atoms with Crippen LogP contribution in [0.3, 0.4) is 0 Å². The molecule has 3 N–H and O–H groups in total. The molecule has 2 aromatic rings. The molecule has 1 aliphatic heterocycles. The third kappa shape index (κ3) is 3.91. The first-order valence-corrected chi connectivity index (χ1v) is 9.24. The summed E-state index contributed by atoms with van der Waals surface area (Å²) in [6, 6.07) is 5.25. The Morgan fingerprint density at radius 1 is 1.31 bits per heavy atom. The van der Waals surface area contributed by atoms with Crippen LogP contribution in [0.5, 0.6) is 0 Å². The number of aromatic nitrogens is 1. The van der Waals surface area contributed by atoms with Gasteiger partial charge in [0.1, 0.15) is 0 Å². The molecule has 2 aromatic heterocycles. The molecule has 1 saturated heterocycles. The molecule has 26 heavy (non-hydrogen) atoms. The molecule has 7 nitrogen and oxygen atoms in total. The summed E-state index contributed by atoms with van der Waals surface area (Å²) in [5, 5.41) is 4.49. The standard InChI is InChI=1S/C18H20N4O3S/c1-11-4-5-14(15-3-2-6-26-15)22(10-11)18(25)17(24)21-13-7-12(16(19)23)8-20-9-13/h2-3,6-9,11,14H,4-5,10H2,1H3,(H2,19,23)(H,21,24)/t11-,14?/m0/s1. The number of thiophene rings is 1. The normalized spacial score (nSPS) is 19.8. The third-order valence-corrected chi connectivity index (χ3v) is 5.40. The third-order valence-electron chi connectivity index (χ3n) is 4.42. The van der Waals surface area contributed by atoms with E-state index in [0.29, 0.717) is 12.5 Å². The molecule has 0 saturated carbocycles. The predicted octanol–water partition coefficient (Wildman–Crippen LogP) is 2.18. The summed E-state index contributed by atoms with van der Waals surface area (Å²) in [5.41, 5.74) is 5.64. The van der Waals surface area contributed by atoms with Gasteiger partial charge in [0.25, 0.3) is 0 Å². The number of primary amides is 1. The minimum atomic E-state index is -0.746. The van der Waals surface area contributed by atoms with Gasteiger partial charge in [-0.3, -0.25) is 19.4 Å². The van der Waals surface area contributed by atoms with Crippen LogP contribution in [0.25, 0.3) is 0 Å². The molecule has 1 fully saturated rings. The molecule has 1 aliphatic rings. The summed E-state index contributed by atoms with van der Waals surface area (Å²) in [6.45, 7) is 2.61. The Morgan fingerprint density at radius 3 is 2.81 bits per heavy atom. The van der Waals surface area contributed by atoms with Crippen LogP contribution in [0, 0.1) is 5.92 Å². The Balaban J connectivity index is 1.76. The topological polar surface area (TPSA) is 105 Å². The Morgan fingerprint density at radius 2 is 2.12 bits per heavy atom. The number of nitrogens with zero attached hydrogens (tertiary/aromatic N) is 2. The van der Waals surface area contributed by atoms with Crippen LogP contribution in [0.2, 0.25) is 0 Å². The zero-order valence-electron chi connectivity index (χ0n) is 14.3. The number of carbonyl (C=O) groups is 3. The number of nitrogens with one attached hydrogen (secondary N) is 1. The quantitative estimate of drug-likeness (QED) is 0.806. The van der Waals surface area contributed by atoms with Gasteiger partial charge >= 0.3 is 11.8 Å². The van der Waals surface area contributed by atoms with E-state index in [1.165, 1.54) is 18.5 Å². The van der Waals surface area contributed by atoms with Gasteiger partial charge in [-0.25, -0.2) is 0 Å². The molecule has 0 aliphatic carbocycles. The van der Waals surface area contributed by atoms with Crippen molar-refractivity contribution in [3.05, 3.63) is 46.4 Å². The van der Waals surface area contributed by atoms with Crippen molar-refractivity contribution < 1.29 is 14.4 Å². The highest BCUT2D eigenvalue weighted by Gasteiger charge is 2.34. The van der Waals surface area contributed by atoms with Crippen molar-refractivity contribution in [2.45, 2.75) is 25.8 Å². The molecule has 1 unspecified atom stereocenters. The maximum Gasteiger partial charge on any atom is 0.313 e. The lowest BCUT2D eigenvalue weighted by molar-refractivity contribution is -0.146. The lowest BCUT2D eigenvalue weighted by atomic mass is 9.93. The van der Waals surface area contributed by atoms with Gasteiger partial charge in [0.15, 0.2) is 0 Å². The Hall–Kier alpha value is -2.74. The number of pyridine rings is 1. The van der Waals surface area contributed by atoms with E-state index in [2.05, 4.69) is 17.2 Å². The van der Waals surface area contributed by atoms with Gasteiger partial charge < -0.3 is 16.0 Å². The van der Waals surface area contributed by atoms with Crippen molar-refractivity contribution in [2.24, 2.45) is 11.7 Å². The van der Waals surface area contributed by atoms with E-state index in [0.717, 1.165) is 17.7 Å². The van der Waals surface area contributed by atoms with Gasteiger partial charge in [-0.2, -0.15) is 0 Å². The highest BCUT2D eigenvalue weighted by molar-refractivity contribution is 7.10. The van der Waals surface area contributed by atoms with Crippen molar-refractivity contribution in [3.8, 4) is 0 Å². The van der Waals surface area contributed by atoms with Crippen molar-refractivity contribution in [1.82, 2.24) is 9.88 Å². The van der Waals surface area contributed by atoms with Gasteiger partial charge in [-0.1, -0.05) is 13.0 Å². The van der Waals surface area contributed by atoms with Gasteiger partial charge in [0.05, 0.1) is 23.5 Å². The smallest absolute Gasteiger partial charge is 0.313 e. The summed E-state index contributed by atoms with van der Waals surface area (Å²) in [4.78, 5) is 43.1. The van der Waals surface area contributed by atoms with Crippen LogP contribution < -0.4 is 11.1 Å². The highest BCUT2D eigenvalue weighted by atomic mass is 32.1. The largest absolute Gasteiger partial charge is 0.366 e. The average molecular weight is 372 g/mol. The lowest BCUT2D eigenvalue weighted by Gasteiger charge is -2.37. The Kier molecular flexibility index (Phi) is 5.32. The monoisotopic (exact) mass is 372 g/mol. The van der Waals surface area contributed by atoms with Crippen molar-refractivity contribution >= 4 is 34.7 Å². The number of carbonyl (C=O) groups excluding carboxylic acids is 3. The van der Waals surface area contributed by atoms with E-state index in [-0.39, 0.29) is 17.3 Å². The number of rotatable bonds is 3. The minimum Gasteiger partial charge on any atom is -0.366 e. The van der Waals surface area contributed by atoms with E-state index in [9.17, 15) is 14.4 Å². The summed E-state index contributed by atoms with van der Waals surface area (Å²) in [5.74, 6) is -1.64. The second kappa shape index (κ2) is 7.65. The average Bonchev–Trinajstić information content (AvgIpc) is 3.15. The van der Waals surface area contributed by atoms with Crippen molar-refractivity contribution in [2.75, 3.05) is 11.9 Å². The fourth-order valence-electron chi connectivity index (χ4n) is 3.11. The number of hydrogen-bond donors (Lipinski definition) is 2. The molecular weight excluding hydrogens is 352 g/mol. The van der Waals surface area contributed by atoms with E-state index < -0.39 is 17.7 Å². The van der Waals surface area contributed by atoms with Crippen LogP contribution in [-0.4, -0.2) is 34.2 Å². The minimum absolute atomic E-state index is 0.0838. The first kappa shape index (κ1) is 18.1. The molecule has 2 atom stereocenters. The molecule has 0 bridgehead atoms. The van der Waals surface area contributed by atoms with Gasteiger partial charge in [0.2, 0.25) is 5.91 Å². The molecule has 136 valence electrons. The van der Waals surface area contributed by atoms with Crippen molar-refractivity contribution in [1.29, 1.82) is 0 Å². The zero-order valence-corrected chi connectivity index (χ0v) is 15.2. The van der Waals surface area contributed by atoms with E-state index in [1.54, 1.807) is 16.2 Å². The van der Waals surface area contributed by atoms with E-state index in [1.807, 2.05) is 17.5 Å². The second-order valence-electron chi connectivity index (χ2n) is 6.45. The van der Waals surface area contributed by atoms with E-state index in [4.69, 9.17) is 5.73 Å². The number of anilines is 1. The molecule has 3 rings (SSSR count). The maximum absolute atomic E-state index is 12.8. The zero-order chi connectivity index (χ0) is 18.7. The number of likely N-dealkylation sites (tertiary alicyclic amines) is 1. The summed E-state index contributed by atoms with van der Waals surface area (Å²) in [7, 11) is 0.